The molecule has 0 aliphatic carbocycles. The number of hydrogen-bond acceptors (Lipinski definition) is 7. The van der Waals surface area contributed by atoms with E-state index in [1.165, 1.54) is 0 Å². The third-order valence-corrected chi connectivity index (χ3v) is 3.16. The van der Waals surface area contributed by atoms with Crippen LogP contribution in [-0.2, 0) is 0 Å². The van der Waals surface area contributed by atoms with Crippen molar-refractivity contribution in [3.8, 4) is 11.3 Å². The minimum absolute atomic E-state index is 0.187. The third-order valence-electron chi connectivity index (χ3n) is 3.16. The molecule has 2 aromatic heterocycles. The van der Waals surface area contributed by atoms with Gasteiger partial charge in [0.15, 0.2) is 0 Å². The maximum absolute atomic E-state index is 6.00. The lowest BCUT2D eigenvalue weighted by atomic mass is 10.2. The first-order valence-electron chi connectivity index (χ1n) is 6.20. The monoisotopic (exact) mass is 257 g/mol. The second-order valence-corrected chi connectivity index (χ2v) is 4.45. The molecule has 2 aromatic rings. The molecule has 0 unspecified atom stereocenters. The highest BCUT2D eigenvalue weighted by molar-refractivity contribution is 5.82. The topological polar surface area (TPSA) is 107 Å². The van der Waals surface area contributed by atoms with E-state index in [1.807, 2.05) is 0 Å². The van der Waals surface area contributed by atoms with Crippen LogP contribution in [0.25, 0.3) is 11.3 Å². The molecule has 7 nitrogen and oxygen atoms in total. The number of nitrogens with two attached hydrogens (primary N) is 2. The zero-order chi connectivity index (χ0) is 13.2. The van der Waals surface area contributed by atoms with Crippen LogP contribution in [0.5, 0.6) is 0 Å². The summed E-state index contributed by atoms with van der Waals surface area (Å²) in [6.07, 6.45) is 7.19. The largest absolute Gasteiger partial charge is 0.383 e. The molecule has 4 N–H and O–H groups in total. The number of anilines is 3. The van der Waals surface area contributed by atoms with E-state index in [1.54, 1.807) is 18.6 Å². The Labute approximate surface area is 110 Å². The predicted molar refractivity (Wildman–Crippen MR) is 73.3 cm³/mol. The van der Waals surface area contributed by atoms with Crippen molar-refractivity contribution in [2.24, 2.45) is 0 Å². The first-order chi connectivity index (χ1) is 9.25. The Kier molecular flexibility index (Phi) is 2.86. The normalized spacial score (nSPS) is 14.8. The smallest absolute Gasteiger partial charge is 0.223 e. The number of aromatic nitrogens is 4. The van der Waals surface area contributed by atoms with Crippen LogP contribution in [0.1, 0.15) is 12.8 Å². The van der Waals surface area contributed by atoms with Crippen molar-refractivity contribution in [2.75, 3.05) is 29.5 Å². The highest BCUT2D eigenvalue weighted by atomic mass is 15.2. The number of rotatable bonds is 2. The van der Waals surface area contributed by atoms with Crippen molar-refractivity contribution in [3.63, 3.8) is 0 Å². The van der Waals surface area contributed by atoms with Gasteiger partial charge in [0.2, 0.25) is 5.95 Å². The minimum Gasteiger partial charge on any atom is -0.383 e. The van der Waals surface area contributed by atoms with Gasteiger partial charge in [0.1, 0.15) is 11.6 Å². The molecule has 1 fully saturated rings. The molecule has 98 valence electrons. The Morgan fingerprint density at radius 2 is 1.84 bits per heavy atom. The molecule has 3 heterocycles. The van der Waals surface area contributed by atoms with E-state index in [9.17, 15) is 0 Å². The summed E-state index contributed by atoms with van der Waals surface area (Å²) < 4.78 is 0. The van der Waals surface area contributed by atoms with Crippen LogP contribution < -0.4 is 16.4 Å². The van der Waals surface area contributed by atoms with Crippen LogP contribution in [0.15, 0.2) is 18.6 Å². The van der Waals surface area contributed by atoms with Gasteiger partial charge in [0.25, 0.3) is 0 Å². The standard InChI is InChI=1S/C12H15N7/c13-10-9(8-7-15-3-4-16-8)11(18-12(14)17-10)19-5-1-2-6-19/h3-4,7H,1-2,5-6H2,(H4,13,14,17,18). The fourth-order valence-corrected chi connectivity index (χ4v) is 2.31. The lowest BCUT2D eigenvalue weighted by Crippen LogP contribution is -2.21. The van der Waals surface area contributed by atoms with Crippen molar-refractivity contribution in [3.05, 3.63) is 18.6 Å². The summed E-state index contributed by atoms with van der Waals surface area (Å²) in [4.78, 5) is 18.9. The summed E-state index contributed by atoms with van der Waals surface area (Å²) in [5, 5.41) is 0. The van der Waals surface area contributed by atoms with Crippen LogP contribution in [0.2, 0.25) is 0 Å². The fraction of sp³-hybridized carbons (Fsp3) is 0.333. The molecule has 1 aliphatic heterocycles. The zero-order valence-corrected chi connectivity index (χ0v) is 10.5. The van der Waals surface area contributed by atoms with Crippen molar-refractivity contribution in [1.29, 1.82) is 0 Å². The van der Waals surface area contributed by atoms with Crippen molar-refractivity contribution >= 4 is 17.6 Å². The quantitative estimate of drug-likeness (QED) is 0.815. The van der Waals surface area contributed by atoms with E-state index in [2.05, 4.69) is 24.8 Å². The van der Waals surface area contributed by atoms with Gasteiger partial charge in [0.05, 0.1) is 17.5 Å². The van der Waals surface area contributed by atoms with Crippen LogP contribution in [0.3, 0.4) is 0 Å². The van der Waals surface area contributed by atoms with Crippen molar-refractivity contribution < 1.29 is 0 Å². The molecule has 1 aliphatic rings. The molecular weight excluding hydrogens is 242 g/mol. The van der Waals surface area contributed by atoms with Gasteiger partial charge < -0.3 is 16.4 Å². The van der Waals surface area contributed by atoms with Gasteiger partial charge in [-0.2, -0.15) is 9.97 Å². The third kappa shape index (κ3) is 2.14. The van der Waals surface area contributed by atoms with Crippen molar-refractivity contribution in [1.82, 2.24) is 19.9 Å². The zero-order valence-electron chi connectivity index (χ0n) is 10.5. The second-order valence-electron chi connectivity index (χ2n) is 4.45. The summed E-state index contributed by atoms with van der Waals surface area (Å²) >= 11 is 0. The summed E-state index contributed by atoms with van der Waals surface area (Å²) in [5.41, 5.74) is 13.1. The Hall–Kier alpha value is -2.44. The number of hydrogen-bond donors (Lipinski definition) is 2. The highest BCUT2D eigenvalue weighted by Gasteiger charge is 2.22. The van der Waals surface area contributed by atoms with Gasteiger partial charge in [-0.3, -0.25) is 9.97 Å². The van der Waals surface area contributed by atoms with E-state index < -0.39 is 0 Å². The fourth-order valence-electron chi connectivity index (χ4n) is 2.31. The molecule has 0 spiro atoms. The summed E-state index contributed by atoms with van der Waals surface area (Å²) in [6.45, 7) is 1.90. The van der Waals surface area contributed by atoms with Crippen LogP contribution in [0, 0.1) is 0 Å². The molecule has 3 rings (SSSR count). The maximum Gasteiger partial charge on any atom is 0.223 e. The van der Waals surface area contributed by atoms with Gasteiger partial charge in [-0.1, -0.05) is 0 Å². The SMILES string of the molecule is Nc1nc(N)c(-c2cnccn2)c(N2CCCC2)n1. The first-order valence-corrected chi connectivity index (χ1v) is 6.20. The average Bonchev–Trinajstić information content (AvgIpc) is 2.92. The molecule has 1 saturated heterocycles. The Morgan fingerprint density at radius 1 is 1.05 bits per heavy atom. The van der Waals surface area contributed by atoms with Crippen molar-refractivity contribution in [2.45, 2.75) is 12.8 Å². The van der Waals surface area contributed by atoms with E-state index >= 15 is 0 Å². The number of nitrogen functional groups attached to an aromatic ring is 2. The summed E-state index contributed by atoms with van der Waals surface area (Å²) in [5.74, 6) is 1.28. The average molecular weight is 257 g/mol. The van der Waals surface area contributed by atoms with Crippen LogP contribution in [-0.4, -0.2) is 33.0 Å². The molecule has 0 bridgehead atoms. The van der Waals surface area contributed by atoms with Gasteiger partial charge >= 0.3 is 0 Å². The molecule has 0 amide bonds. The lowest BCUT2D eigenvalue weighted by Gasteiger charge is -2.20. The van der Waals surface area contributed by atoms with E-state index in [0.717, 1.165) is 31.7 Å². The van der Waals surface area contributed by atoms with Gasteiger partial charge in [0, 0.05) is 25.5 Å². The number of nitrogens with zero attached hydrogens (tertiary/aromatic N) is 5. The highest BCUT2D eigenvalue weighted by Crippen LogP contribution is 2.33. The molecule has 0 aromatic carbocycles. The molecule has 0 radical (unpaired) electrons. The first kappa shape index (κ1) is 11.6. The van der Waals surface area contributed by atoms with Gasteiger partial charge in [-0.15, -0.1) is 0 Å². The Balaban J connectivity index is 2.16. The Bertz CT molecular complexity index is 578. The summed E-state index contributed by atoms with van der Waals surface area (Å²) in [7, 11) is 0. The lowest BCUT2D eigenvalue weighted by molar-refractivity contribution is 0.932. The second kappa shape index (κ2) is 4.68. The maximum atomic E-state index is 6.00. The molecule has 7 heteroatoms. The molecule has 0 atom stereocenters. The molecule has 0 saturated carbocycles. The summed E-state index contributed by atoms with van der Waals surface area (Å²) in [6, 6.07) is 0. The van der Waals surface area contributed by atoms with E-state index in [-0.39, 0.29) is 5.95 Å². The van der Waals surface area contributed by atoms with Gasteiger partial charge in [-0.25, -0.2) is 0 Å². The molecular formula is C12H15N7. The van der Waals surface area contributed by atoms with E-state index in [0.29, 0.717) is 17.1 Å². The van der Waals surface area contributed by atoms with Crippen LogP contribution >= 0.6 is 0 Å². The minimum atomic E-state index is 0.187. The predicted octanol–water partition coefficient (Wildman–Crippen LogP) is 0.698. The molecule has 19 heavy (non-hydrogen) atoms. The van der Waals surface area contributed by atoms with Crippen LogP contribution in [0.4, 0.5) is 17.6 Å². The Morgan fingerprint density at radius 3 is 2.53 bits per heavy atom. The van der Waals surface area contributed by atoms with E-state index in [4.69, 9.17) is 11.5 Å². The van der Waals surface area contributed by atoms with Gasteiger partial charge in [-0.05, 0) is 12.8 Å².